The van der Waals surface area contributed by atoms with Crippen molar-refractivity contribution in [1.29, 1.82) is 0 Å². The van der Waals surface area contributed by atoms with E-state index in [9.17, 15) is 9.18 Å². The van der Waals surface area contributed by atoms with Crippen LogP contribution in [-0.2, 0) is 6.54 Å². The van der Waals surface area contributed by atoms with Gasteiger partial charge >= 0.3 is 0 Å². The van der Waals surface area contributed by atoms with E-state index in [1.807, 2.05) is 38.1 Å². The highest BCUT2D eigenvalue weighted by atomic mass is 19.1. The third kappa shape index (κ3) is 3.46. The van der Waals surface area contributed by atoms with Gasteiger partial charge in [-0.25, -0.2) is 19.3 Å². The van der Waals surface area contributed by atoms with Crippen molar-refractivity contribution in [2.75, 3.05) is 19.0 Å². The number of amides is 1. The highest BCUT2D eigenvalue weighted by Crippen LogP contribution is 2.20. The maximum atomic E-state index is 14.0. The van der Waals surface area contributed by atoms with Crippen molar-refractivity contribution in [2.45, 2.75) is 20.4 Å². The molecule has 2 aromatic heterocycles. The van der Waals surface area contributed by atoms with Gasteiger partial charge in [-0.05, 0) is 26.0 Å². The fraction of sp³-hybridized carbons (Fsp3) is 0.263. The molecule has 0 saturated carbocycles. The topological polar surface area (TPSA) is 71.0 Å². The second-order valence-electron chi connectivity index (χ2n) is 6.28. The molecule has 134 valence electrons. The van der Waals surface area contributed by atoms with Gasteiger partial charge in [-0.15, -0.1) is 0 Å². The lowest BCUT2D eigenvalue weighted by molar-refractivity contribution is 0.0952. The van der Waals surface area contributed by atoms with E-state index >= 15 is 0 Å². The smallest absolute Gasteiger partial charge is 0.253 e. The Morgan fingerprint density at radius 2 is 1.92 bits per heavy atom. The second-order valence-corrected chi connectivity index (χ2v) is 6.28. The van der Waals surface area contributed by atoms with Crippen LogP contribution >= 0.6 is 0 Å². The molecule has 6 nitrogen and oxygen atoms in total. The summed E-state index contributed by atoms with van der Waals surface area (Å²) in [6, 6.07) is 6.18. The monoisotopic (exact) mass is 353 g/mol. The van der Waals surface area contributed by atoms with E-state index < -0.39 is 11.7 Å². The summed E-state index contributed by atoms with van der Waals surface area (Å²) in [5.41, 5.74) is 3.22. The molecular formula is C19H20FN5O. The molecule has 3 rings (SSSR count). The molecule has 1 N–H and O–H groups in total. The number of halogens is 1. The van der Waals surface area contributed by atoms with Crippen LogP contribution in [0.5, 0.6) is 0 Å². The number of pyridine rings is 1. The number of hydrogen-bond donors (Lipinski definition) is 1. The molecule has 2 heterocycles. The Morgan fingerprint density at radius 1 is 1.19 bits per heavy atom. The molecule has 0 aliphatic heterocycles. The Labute approximate surface area is 151 Å². The van der Waals surface area contributed by atoms with E-state index in [4.69, 9.17) is 0 Å². The van der Waals surface area contributed by atoms with E-state index in [0.29, 0.717) is 22.4 Å². The minimum absolute atomic E-state index is 0.172. The molecule has 0 aliphatic rings. The first-order chi connectivity index (χ1) is 12.4. The summed E-state index contributed by atoms with van der Waals surface area (Å²) in [6.45, 7) is 3.89. The number of carbonyl (C=O) groups excluding carboxylic acids is 1. The first-order valence-electron chi connectivity index (χ1n) is 8.20. The minimum Gasteiger partial charge on any atom is -0.362 e. The summed E-state index contributed by atoms with van der Waals surface area (Å²) in [4.78, 5) is 27.6. The summed E-state index contributed by atoms with van der Waals surface area (Å²) in [6.07, 6.45) is 1.70. The Bertz CT molecular complexity index is 987. The van der Waals surface area contributed by atoms with Crippen LogP contribution in [0.4, 0.5) is 10.2 Å². The molecule has 0 bridgehead atoms. The van der Waals surface area contributed by atoms with Crippen LogP contribution in [0.1, 0.15) is 27.3 Å². The maximum absolute atomic E-state index is 14.0. The molecule has 0 saturated heterocycles. The molecule has 26 heavy (non-hydrogen) atoms. The predicted molar refractivity (Wildman–Crippen MR) is 98.7 cm³/mol. The number of aromatic nitrogens is 3. The molecule has 0 unspecified atom stereocenters. The summed E-state index contributed by atoms with van der Waals surface area (Å²) in [7, 11) is 3.77. The molecule has 0 fully saturated rings. The number of carbonyl (C=O) groups is 1. The Balaban J connectivity index is 1.92. The van der Waals surface area contributed by atoms with Crippen molar-refractivity contribution >= 4 is 22.8 Å². The van der Waals surface area contributed by atoms with Crippen molar-refractivity contribution < 1.29 is 9.18 Å². The van der Waals surface area contributed by atoms with Crippen LogP contribution in [0.25, 0.3) is 11.0 Å². The molecule has 0 spiro atoms. The van der Waals surface area contributed by atoms with Crippen molar-refractivity contribution in [3.8, 4) is 0 Å². The zero-order valence-corrected chi connectivity index (χ0v) is 15.2. The third-order valence-corrected chi connectivity index (χ3v) is 4.12. The zero-order valence-electron chi connectivity index (χ0n) is 15.2. The molecule has 0 atom stereocenters. The fourth-order valence-corrected chi connectivity index (χ4v) is 2.71. The molecule has 0 radical (unpaired) electrons. The van der Waals surface area contributed by atoms with Crippen molar-refractivity contribution in [3.63, 3.8) is 0 Å². The van der Waals surface area contributed by atoms with Gasteiger partial charge in [0.15, 0.2) is 0 Å². The van der Waals surface area contributed by atoms with Crippen LogP contribution in [0.2, 0.25) is 0 Å². The van der Waals surface area contributed by atoms with Gasteiger partial charge in [-0.2, -0.15) is 0 Å². The van der Waals surface area contributed by atoms with E-state index in [1.54, 1.807) is 13.1 Å². The van der Waals surface area contributed by atoms with E-state index in [1.165, 1.54) is 12.1 Å². The minimum atomic E-state index is -0.518. The SMILES string of the molecule is Cc1nc2cc(F)cc(C(=O)NCc3cccnc3N(C)C)c2nc1C. The van der Waals surface area contributed by atoms with Crippen LogP contribution in [0.15, 0.2) is 30.5 Å². The molecular weight excluding hydrogens is 333 g/mol. The number of anilines is 1. The van der Waals surface area contributed by atoms with Crippen LogP contribution in [0.3, 0.4) is 0 Å². The normalized spacial score (nSPS) is 10.8. The van der Waals surface area contributed by atoms with Crippen molar-refractivity contribution in [2.24, 2.45) is 0 Å². The lowest BCUT2D eigenvalue weighted by atomic mass is 10.1. The predicted octanol–water partition coefficient (Wildman–Crippen LogP) is 2.78. The highest BCUT2D eigenvalue weighted by Gasteiger charge is 2.16. The second kappa shape index (κ2) is 7.03. The van der Waals surface area contributed by atoms with Gasteiger partial charge in [0.25, 0.3) is 5.91 Å². The van der Waals surface area contributed by atoms with Crippen LogP contribution in [-0.4, -0.2) is 35.0 Å². The number of rotatable bonds is 4. The first kappa shape index (κ1) is 17.7. The van der Waals surface area contributed by atoms with Crippen molar-refractivity contribution in [3.05, 3.63) is 58.8 Å². The maximum Gasteiger partial charge on any atom is 0.253 e. The number of nitrogens with one attached hydrogen (secondary N) is 1. The Morgan fingerprint density at radius 3 is 2.65 bits per heavy atom. The van der Waals surface area contributed by atoms with Gasteiger partial charge in [0.2, 0.25) is 0 Å². The summed E-state index contributed by atoms with van der Waals surface area (Å²) < 4.78 is 14.0. The fourth-order valence-electron chi connectivity index (χ4n) is 2.71. The Kier molecular flexibility index (Phi) is 4.79. The highest BCUT2D eigenvalue weighted by molar-refractivity contribution is 6.04. The van der Waals surface area contributed by atoms with Gasteiger partial charge in [0.05, 0.1) is 22.5 Å². The summed E-state index contributed by atoms with van der Waals surface area (Å²) in [5.74, 6) is -0.153. The average Bonchev–Trinajstić information content (AvgIpc) is 2.60. The molecule has 7 heteroatoms. The Hall–Kier alpha value is -3.09. The van der Waals surface area contributed by atoms with Crippen LogP contribution in [0, 0.1) is 19.7 Å². The quantitative estimate of drug-likeness (QED) is 0.781. The largest absolute Gasteiger partial charge is 0.362 e. The lowest BCUT2D eigenvalue weighted by Crippen LogP contribution is -2.25. The average molecular weight is 353 g/mol. The van der Waals surface area contributed by atoms with Gasteiger partial charge in [0.1, 0.15) is 17.2 Å². The van der Waals surface area contributed by atoms with Crippen molar-refractivity contribution in [1.82, 2.24) is 20.3 Å². The molecule has 0 aliphatic carbocycles. The van der Waals surface area contributed by atoms with Gasteiger partial charge in [-0.3, -0.25) is 4.79 Å². The standard InChI is InChI=1S/C19H20FN5O/c1-11-12(2)24-17-15(8-14(20)9-16(17)23-11)19(26)22-10-13-6-5-7-21-18(13)25(3)4/h5-9H,10H2,1-4H3,(H,22,26). The van der Waals surface area contributed by atoms with Gasteiger partial charge < -0.3 is 10.2 Å². The van der Waals surface area contributed by atoms with Gasteiger partial charge in [0, 0.05) is 38.5 Å². The number of fused-ring (bicyclic) bond motifs is 1. The number of aryl methyl sites for hydroxylation is 2. The number of nitrogens with zero attached hydrogens (tertiary/aromatic N) is 4. The molecule has 3 aromatic rings. The number of benzene rings is 1. The van der Waals surface area contributed by atoms with Crippen LogP contribution < -0.4 is 10.2 Å². The molecule has 1 amide bonds. The van der Waals surface area contributed by atoms with E-state index in [2.05, 4.69) is 20.3 Å². The number of hydrogen-bond acceptors (Lipinski definition) is 5. The summed E-state index contributed by atoms with van der Waals surface area (Å²) in [5, 5.41) is 2.82. The third-order valence-electron chi connectivity index (χ3n) is 4.12. The zero-order chi connectivity index (χ0) is 18.8. The van der Waals surface area contributed by atoms with Gasteiger partial charge in [-0.1, -0.05) is 6.07 Å². The lowest BCUT2D eigenvalue weighted by Gasteiger charge is -2.16. The molecule has 1 aromatic carbocycles. The van der Waals surface area contributed by atoms with E-state index in [0.717, 1.165) is 11.4 Å². The summed E-state index contributed by atoms with van der Waals surface area (Å²) >= 11 is 0. The first-order valence-corrected chi connectivity index (χ1v) is 8.20. The van der Waals surface area contributed by atoms with E-state index in [-0.39, 0.29) is 12.1 Å².